The Balaban J connectivity index is 1.49. The van der Waals surface area contributed by atoms with E-state index in [9.17, 15) is 14.4 Å². The van der Waals surface area contributed by atoms with Crippen molar-refractivity contribution in [1.82, 2.24) is 20.2 Å². The molecule has 1 fully saturated rings. The predicted molar refractivity (Wildman–Crippen MR) is 98.8 cm³/mol. The van der Waals surface area contributed by atoms with Gasteiger partial charge >= 0.3 is 6.03 Å². The predicted octanol–water partition coefficient (Wildman–Crippen LogP) is 1.97. The fraction of sp³-hybridized carbons (Fsp3) is 0.158. The summed E-state index contributed by atoms with van der Waals surface area (Å²) in [7, 11) is 0. The number of amides is 4. The summed E-state index contributed by atoms with van der Waals surface area (Å²) in [5.41, 5.74) is 0.945. The lowest BCUT2D eigenvalue weighted by atomic mass is 9.92. The van der Waals surface area contributed by atoms with Crippen molar-refractivity contribution < 1.29 is 14.4 Å². The lowest BCUT2D eigenvalue weighted by Crippen LogP contribution is -2.42. The van der Waals surface area contributed by atoms with E-state index < -0.39 is 29.9 Å². The number of benzene rings is 2. The molecule has 2 heterocycles. The molecule has 0 unspecified atom stereocenters. The van der Waals surface area contributed by atoms with E-state index in [2.05, 4.69) is 20.6 Å². The minimum Gasteiger partial charge on any atom is -0.324 e. The van der Waals surface area contributed by atoms with Gasteiger partial charge in [-0.25, -0.2) is 9.78 Å². The van der Waals surface area contributed by atoms with Gasteiger partial charge in [0.2, 0.25) is 11.9 Å². The van der Waals surface area contributed by atoms with E-state index >= 15 is 0 Å². The number of urea groups is 1. The Morgan fingerprint density at radius 3 is 2.56 bits per heavy atom. The zero-order valence-corrected chi connectivity index (χ0v) is 14.5. The molecule has 8 heteroatoms. The Morgan fingerprint density at radius 1 is 1.11 bits per heavy atom. The third-order valence-electron chi connectivity index (χ3n) is 4.58. The monoisotopic (exact) mass is 363 g/mol. The van der Waals surface area contributed by atoms with Gasteiger partial charge in [0.1, 0.15) is 12.1 Å². The smallest absolute Gasteiger partial charge is 0.324 e. The topological polar surface area (TPSA) is 107 Å². The maximum absolute atomic E-state index is 12.8. The summed E-state index contributed by atoms with van der Waals surface area (Å²) >= 11 is 0. The molecule has 0 aliphatic carbocycles. The number of carbonyl (C=O) groups is 3. The molecule has 8 nitrogen and oxygen atoms in total. The number of nitrogens with zero attached hydrogens (tertiary/aromatic N) is 2. The van der Waals surface area contributed by atoms with Crippen LogP contribution < -0.4 is 10.6 Å². The maximum Gasteiger partial charge on any atom is 0.325 e. The van der Waals surface area contributed by atoms with Crippen molar-refractivity contribution in [2.75, 3.05) is 11.9 Å². The summed E-state index contributed by atoms with van der Waals surface area (Å²) < 4.78 is 0. The van der Waals surface area contributed by atoms with Gasteiger partial charge in [-0.05, 0) is 24.6 Å². The van der Waals surface area contributed by atoms with Gasteiger partial charge in [-0.15, -0.1) is 0 Å². The van der Waals surface area contributed by atoms with Crippen molar-refractivity contribution in [1.29, 1.82) is 0 Å². The Bertz CT molecular complexity index is 1010. The van der Waals surface area contributed by atoms with E-state index in [1.807, 2.05) is 30.3 Å². The fourth-order valence-corrected chi connectivity index (χ4v) is 3.13. The first-order valence-electron chi connectivity index (χ1n) is 8.41. The molecule has 1 aliphatic heterocycles. The van der Waals surface area contributed by atoms with Gasteiger partial charge in [0.25, 0.3) is 5.91 Å². The van der Waals surface area contributed by atoms with Gasteiger partial charge in [0.15, 0.2) is 0 Å². The summed E-state index contributed by atoms with van der Waals surface area (Å²) in [6.07, 6.45) is 0. The molecule has 1 aromatic heterocycles. The second-order valence-corrected chi connectivity index (χ2v) is 6.46. The lowest BCUT2D eigenvalue weighted by molar-refractivity contribution is -0.133. The number of anilines is 1. The van der Waals surface area contributed by atoms with Gasteiger partial charge in [0.05, 0.1) is 11.0 Å². The maximum atomic E-state index is 12.8. The molecule has 3 N–H and O–H groups in total. The Hall–Kier alpha value is -3.68. The average molecular weight is 363 g/mol. The summed E-state index contributed by atoms with van der Waals surface area (Å²) in [5, 5.41) is 5.26. The van der Waals surface area contributed by atoms with Gasteiger partial charge in [-0.3, -0.25) is 19.8 Å². The number of fused-ring (bicyclic) bond motifs is 1. The number of rotatable bonds is 4. The van der Waals surface area contributed by atoms with E-state index in [4.69, 9.17) is 0 Å². The van der Waals surface area contributed by atoms with Crippen LogP contribution in [0.1, 0.15) is 12.5 Å². The number of imidazole rings is 1. The Labute approximate surface area is 154 Å². The molecule has 1 saturated heterocycles. The molecule has 0 radical (unpaired) electrons. The van der Waals surface area contributed by atoms with Gasteiger partial charge < -0.3 is 10.3 Å². The number of imide groups is 1. The number of para-hydroxylation sites is 2. The second-order valence-electron chi connectivity index (χ2n) is 6.46. The van der Waals surface area contributed by atoms with Crippen molar-refractivity contribution in [3.8, 4) is 0 Å². The van der Waals surface area contributed by atoms with Crippen molar-refractivity contribution in [2.24, 2.45) is 0 Å². The van der Waals surface area contributed by atoms with Crippen LogP contribution in [-0.4, -0.2) is 39.3 Å². The molecule has 27 heavy (non-hydrogen) atoms. The van der Waals surface area contributed by atoms with Crippen LogP contribution in [0.3, 0.4) is 0 Å². The van der Waals surface area contributed by atoms with Crippen LogP contribution in [0.5, 0.6) is 0 Å². The quantitative estimate of drug-likeness (QED) is 0.616. The summed E-state index contributed by atoms with van der Waals surface area (Å²) in [6.45, 7) is 1.23. The lowest BCUT2D eigenvalue weighted by Gasteiger charge is -2.21. The van der Waals surface area contributed by atoms with E-state index in [0.29, 0.717) is 11.1 Å². The van der Waals surface area contributed by atoms with Crippen LogP contribution in [0.15, 0.2) is 54.6 Å². The van der Waals surface area contributed by atoms with Crippen molar-refractivity contribution in [3.05, 3.63) is 60.2 Å². The standard InChI is InChI=1S/C19H17N5O3/c1-19(12-7-3-2-4-8-12)16(26)24(18(27)23-19)11-15(25)22-17-20-13-9-5-6-10-14(13)21-17/h2-10H,11H2,1H3,(H,23,27)(H2,20,21,22,25)/t19-/m1/s1. The number of aromatic amines is 1. The first-order chi connectivity index (χ1) is 13.0. The van der Waals surface area contributed by atoms with Crippen LogP contribution in [0.4, 0.5) is 10.7 Å². The molecular weight excluding hydrogens is 346 g/mol. The molecule has 0 bridgehead atoms. The van der Waals surface area contributed by atoms with E-state index in [0.717, 1.165) is 10.4 Å². The molecule has 3 aromatic rings. The van der Waals surface area contributed by atoms with Crippen molar-refractivity contribution in [3.63, 3.8) is 0 Å². The number of nitrogens with one attached hydrogen (secondary N) is 3. The first kappa shape index (κ1) is 16.8. The molecule has 2 aromatic carbocycles. The van der Waals surface area contributed by atoms with Crippen LogP contribution in [0.25, 0.3) is 11.0 Å². The number of aromatic nitrogens is 2. The van der Waals surface area contributed by atoms with E-state index in [1.54, 1.807) is 31.2 Å². The zero-order valence-electron chi connectivity index (χ0n) is 14.5. The summed E-state index contributed by atoms with van der Waals surface area (Å²) in [4.78, 5) is 45.6. The molecule has 1 atom stereocenters. The average Bonchev–Trinajstić information content (AvgIpc) is 3.16. The highest BCUT2D eigenvalue weighted by Gasteiger charge is 2.49. The van der Waals surface area contributed by atoms with Gasteiger partial charge in [0, 0.05) is 0 Å². The van der Waals surface area contributed by atoms with Crippen molar-refractivity contribution in [2.45, 2.75) is 12.5 Å². The fourth-order valence-electron chi connectivity index (χ4n) is 3.13. The highest BCUT2D eigenvalue weighted by Crippen LogP contribution is 2.28. The van der Waals surface area contributed by atoms with E-state index in [1.165, 1.54) is 0 Å². The van der Waals surface area contributed by atoms with Gasteiger partial charge in [-0.1, -0.05) is 42.5 Å². The highest BCUT2D eigenvalue weighted by molar-refractivity contribution is 6.10. The van der Waals surface area contributed by atoms with E-state index in [-0.39, 0.29) is 5.95 Å². The molecule has 4 rings (SSSR count). The van der Waals surface area contributed by atoms with Crippen molar-refractivity contribution >= 4 is 34.8 Å². The third kappa shape index (κ3) is 2.91. The molecule has 136 valence electrons. The second kappa shape index (κ2) is 6.24. The molecule has 4 amide bonds. The normalized spacial score (nSPS) is 19.4. The van der Waals surface area contributed by atoms with Crippen LogP contribution >= 0.6 is 0 Å². The number of H-pyrrole nitrogens is 1. The van der Waals surface area contributed by atoms with Crippen LogP contribution in [0, 0.1) is 0 Å². The number of hydrogen-bond donors (Lipinski definition) is 3. The largest absolute Gasteiger partial charge is 0.325 e. The summed E-state index contributed by atoms with van der Waals surface area (Å²) in [6, 6.07) is 15.7. The van der Waals surface area contributed by atoms with Gasteiger partial charge in [-0.2, -0.15) is 0 Å². The minimum atomic E-state index is -1.20. The molecular formula is C19H17N5O3. The van der Waals surface area contributed by atoms with Crippen LogP contribution in [-0.2, 0) is 15.1 Å². The SMILES string of the molecule is C[C@]1(c2ccccc2)NC(=O)N(CC(=O)Nc2nc3ccccc3[nH]2)C1=O. The minimum absolute atomic E-state index is 0.263. The first-order valence-corrected chi connectivity index (χ1v) is 8.41. The molecule has 1 aliphatic rings. The number of carbonyl (C=O) groups excluding carboxylic acids is 3. The van der Waals surface area contributed by atoms with Crippen LogP contribution in [0.2, 0.25) is 0 Å². The Morgan fingerprint density at radius 2 is 1.81 bits per heavy atom. The Kier molecular flexibility index (Phi) is 3.88. The molecule has 0 spiro atoms. The zero-order chi connectivity index (χ0) is 19.0. The highest BCUT2D eigenvalue weighted by atomic mass is 16.2. The number of hydrogen-bond acceptors (Lipinski definition) is 4. The summed E-state index contributed by atoms with van der Waals surface area (Å²) in [5.74, 6) is -0.729. The molecule has 0 saturated carbocycles. The third-order valence-corrected chi connectivity index (χ3v) is 4.58.